The zero-order valence-corrected chi connectivity index (χ0v) is 12.9. The Kier molecular flexibility index (Phi) is 7.65. The van der Waals surface area contributed by atoms with Crippen molar-refractivity contribution in [3.8, 4) is 0 Å². The standard InChI is InChI=1S/C17H24FNO2.H2/c1-3-16(20)9-7-5-6-8-13-10-14(18)12-15(11-13)19-17(21)4-2;/h10-12H,3-9H2,1-2H3,(H,19,21);1H. The molecule has 118 valence electrons. The van der Waals surface area contributed by atoms with E-state index in [2.05, 4.69) is 5.32 Å². The van der Waals surface area contributed by atoms with Crippen molar-refractivity contribution < 1.29 is 15.4 Å². The molecule has 21 heavy (non-hydrogen) atoms. The van der Waals surface area contributed by atoms with Gasteiger partial charge in [0, 0.05) is 26.4 Å². The van der Waals surface area contributed by atoms with Crippen LogP contribution in [0.15, 0.2) is 18.2 Å². The van der Waals surface area contributed by atoms with E-state index in [1.54, 1.807) is 6.92 Å². The average molecular weight is 295 g/mol. The molecule has 0 aliphatic rings. The van der Waals surface area contributed by atoms with Gasteiger partial charge in [0.25, 0.3) is 0 Å². The molecule has 1 amide bonds. The number of halogens is 1. The Bertz CT molecular complexity index is 492. The molecule has 1 aromatic rings. The molecule has 0 atom stereocenters. The lowest BCUT2D eigenvalue weighted by molar-refractivity contribution is -0.119. The minimum atomic E-state index is -0.333. The normalized spacial score (nSPS) is 10.4. The third-order valence-electron chi connectivity index (χ3n) is 3.38. The molecule has 0 bridgehead atoms. The van der Waals surface area contributed by atoms with Crippen molar-refractivity contribution in [2.75, 3.05) is 5.32 Å². The minimum Gasteiger partial charge on any atom is -0.326 e. The van der Waals surface area contributed by atoms with E-state index in [1.807, 2.05) is 13.0 Å². The second-order valence-electron chi connectivity index (χ2n) is 5.20. The molecular weight excluding hydrogens is 269 g/mol. The number of anilines is 1. The first kappa shape index (κ1) is 17.3. The van der Waals surface area contributed by atoms with Gasteiger partial charge in [-0.05, 0) is 43.0 Å². The number of Topliss-reactive ketones (excluding diaryl/α,β-unsaturated/α-hetero) is 1. The van der Waals surface area contributed by atoms with Crippen LogP contribution < -0.4 is 5.32 Å². The topological polar surface area (TPSA) is 46.2 Å². The van der Waals surface area contributed by atoms with Gasteiger partial charge in [-0.25, -0.2) is 4.39 Å². The maximum atomic E-state index is 13.5. The first-order valence-corrected chi connectivity index (χ1v) is 7.66. The lowest BCUT2D eigenvalue weighted by Gasteiger charge is -2.07. The molecule has 3 nitrogen and oxygen atoms in total. The molecule has 4 heteroatoms. The van der Waals surface area contributed by atoms with Crippen molar-refractivity contribution in [1.82, 2.24) is 0 Å². The molecule has 0 heterocycles. The maximum absolute atomic E-state index is 13.5. The number of unbranched alkanes of at least 4 members (excludes halogenated alkanes) is 2. The molecule has 0 unspecified atom stereocenters. The Labute approximate surface area is 127 Å². The van der Waals surface area contributed by atoms with Gasteiger partial charge in [0.05, 0.1) is 0 Å². The Morgan fingerprint density at radius 3 is 2.52 bits per heavy atom. The Morgan fingerprint density at radius 1 is 1.10 bits per heavy atom. The first-order valence-electron chi connectivity index (χ1n) is 7.66. The van der Waals surface area contributed by atoms with Crippen molar-refractivity contribution in [1.29, 1.82) is 0 Å². The van der Waals surface area contributed by atoms with Gasteiger partial charge < -0.3 is 5.32 Å². The molecular formula is C17H26FNO2. The van der Waals surface area contributed by atoms with Gasteiger partial charge in [-0.2, -0.15) is 0 Å². The molecule has 0 saturated carbocycles. The Morgan fingerprint density at radius 2 is 1.86 bits per heavy atom. The van der Waals surface area contributed by atoms with Gasteiger partial charge in [0.1, 0.15) is 11.6 Å². The highest BCUT2D eigenvalue weighted by Gasteiger charge is 2.04. The predicted octanol–water partition coefficient (Wildman–Crippen LogP) is 4.50. The molecule has 0 aromatic heterocycles. The lowest BCUT2D eigenvalue weighted by atomic mass is 10.0. The van der Waals surface area contributed by atoms with Crippen LogP contribution in [0.5, 0.6) is 0 Å². The highest BCUT2D eigenvalue weighted by molar-refractivity contribution is 5.90. The molecule has 0 aliphatic carbocycles. The minimum absolute atomic E-state index is 0. The summed E-state index contributed by atoms with van der Waals surface area (Å²) >= 11 is 0. The average Bonchev–Trinajstić information content (AvgIpc) is 2.45. The number of aryl methyl sites for hydroxylation is 1. The molecule has 0 fully saturated rings. The summed E-state index contributed by atoms with van der Waals surface area (Å²) in [5.74, 6) is -0.157. The van der Waals surface area contributed by atoms with Crippen LogP contribution in [0.25, 0.3) is 0 Å². The Balaban J connectivity index is 0.00000441. The summed E-state index contributed by atoms with van der Waals surface area (Å²) in [7, 11) is 0. The highest BCUT2D eigenvalue weighted by atomic mass is 19.1. The summed E-state index contributed by atoms with van der Waals surface area (Å²) in [6.45, 7) is 3.63. The number of hydrogen-bond acceptors (Lipinski definition) is 2. The van der Waals surface area contributed by atoms with Crippen LogP contribution in [0.2, 0.25) is 0 Å². The predicted molar refractivity (Wildman–Crippen MR) is 84.9 cm³/mol. The van der Waals surface area contributed by atoms with Crippen LogP contribution in [0, 0.1) is 5.82 Å². The van der Waals surface area contributed by atoms with Crippen molar-refractivity contribution in [3.05, 3.63) is 29.6 Å². The van der Waals surface area contributed by atoms with Crippen LogP contribution in [-0.2, 0) is 16.0 Å². The number of carbonyl (C=O) groups excluding carboxylic acids is 2. The molecule has 1 aromatic carbocycles. The Hall–Kier alpha value is -1.71. The third kappa shape index (κ3) is 7.02. The first-order chi connectivity index (χ1) is 10.0. The molecule has 0 aliphatic heterocycles. The van der Waals surface area contributed by atoms with Crippen LogP contribution in [-0.4, -0.2) is 11.7 Å². The molecule has 0 radical (unpaired) electrons. The quantitative estimate of drug-likeness (QED) is 0.682. The maximum Gasteiger partial charge on any atom is 0.224 e. The molecule has 1 rings (SSSR count). The van der Waals surface area contributed by atoms with Crippen LogP contribution in [0.4, 0.5) is 10.1 Å². The van der Waals surface area contributed by atoms with Gasteiger partial charge in [-0.1, -0.05) is 20.3 Å². The van der Waals surface area contributed by atoms with Gasteiger partial charge in [0.15, 0.2) is 0 Å². The van der Waals surface area contributed by atoms with E-state index in [-0.39, 0.29) is 13.2 Å². The highest BCUT2D eigenvalue weighted by Crippen LogP contribution is 2.17. The number of carbonyl (C=O) groups is 2. The van der Waals surface area contributed by atoms with Gasteiger partial charge >= 0.3 is 0 Å². The van der Waals surface area contributed by atoms with Crippen molar-refractivity contribution in [2.24, 2.45) is 0 Å². The summed E-state index contributed by atoms with van der Waals surface area (Å²) < 4.78 is 13.5. The summed E-state index contributed by atoms with van der Waals surface area (Å²) in [5, 5.41) is 2.67. The number of rotatable bonds is 9. The lowest BCUT2D eigenvalue weighted by Crippen LogP contribution is -2.09. The second kappa shape index (κ2) is 9.27. The summed E-state index contributed by atoms with van der Waals surface area (Å²) in [5.41, 5.74) is 1.39. The number of amides is 1. The van der Waals surface area contributed by atoms with E-state index in [1.165, 1.54) is 12.1 Å². The van der Waals surface area contributed by atoms with Crippen LogP contribution in [0.1, 0.15) is 59.4 Å². The smallest absolute Gasteiger partial charge is 0.224 e. The van der Waals surface area contributed by atoms with E-state index < -0.39 is 0 Å². The number of hydrogen-bond donors (Lipinski definition) is 1. The number of nitrogens with one attached hydrogen (secondary N) is 1. The fourth-order valence-electron chi connectivity index (χ4n) is 2.12. The van der Waals surface area contributed by atoms with Crippen molar-refractivity contribution in [2.45, 2.75) is 58.8 Å². The van der Waals surface area contributed by atoms with Crippen molar-refractivity contribution in [3.63, 3.8) is 0 Å². The summed E-state index contributed by atoms with van der Waals surface area (Å²) in [6, 6.07) is 4.64. The monoisotopic (exact) mass is 295 g/mol. The van der Waals surface area contributed by atoms with Gasteiger partial charge in [-0.3, -0.25) is 9.59 Å². The fraction of sp³-hybridized carbons (Fsp3) is 0.529. The van der Waals surface area contributed by atoms with E-state index in [9.17, 15) is 14.0 Å². The zero-order valence-electron chi connectivity index (χ0n) is 12.9. The third-order valence-corrected chi connectivity index (χ3v) is 3.38. The zero-order chi connectivity index (χ0) is 15.7. The molecule has 0 saturated heterocycles. The van der Waals surface area contributed by atoms with Gasteiger partial charge in [0.2, 0.25) is 5.91 Å². The fourth-order valence-corrected chi connectivity index (χ4v) is 2.12. The SMILES string of the molecule is CCC(=O)CCCCCc1cc(F)cc(NC(=O)CC)c1.[HH]. The summed E-state index contributed by atoms with van der Waals surface area (Å²) in [6.07, 6.45) is 5.13. The van der Waals surface area contributed by atoms with E-state index in [0.29, 0.717) is 30.7 Å². The number of benzene rings is 1. The van der Waals surface area contributed by atoms with E-state index >= 15 is 0 Å². The van der Waals surface area contributed by atoms with Crippen LogP contribution >= 0.6 is 0 Å². The largest absolute Gasteiger partial charge is 0.326 e. The van der Waals surface area contributed by atoms with Gasteiger partial charge in [-0.15, -0.1) is 0 Å². The van der Waals surface area contributed by atoms with Crippen LogP contribution in [0.3, 0.4) is 0 Å². The second-order valence-corrected chi connectivity index (χ2v) is 5.20. The van der Waals surface area contributed by atoms with Crippen molar-refractivity contribution >= 4 is 17.4 Å². The molecule has 1 N–H and O–H groups in total. The number of ketones is 1. The van der Waals surface area contributed by atoms with E-state index in [0.717, 1.165) is 31.2 Å². The van der Waals surface area contributed by atoms with E-state index in [4.69, 9.17) is 0 Å². The molecule has 0 spiro atoms. The summed E-state index contributed by atoms with van der Waals surface area (Å²) in [4.78, 5) is 22.5.